The van der Waals surface area contributed by atoms with E-state index in [0.29, 0.717) is 0 Å². The summed E-state index contributed by atoms with van der Waals surface area (Å²) in [6.07, 6.45) is 1.80. The Labute approximate surface area is 116 Å². The van der Waals surface area contributed by atoms with Crippen molar-refractivity contribution in [3.63, 3.8) is 0 Å². The van der Waals surface area contributed by atoms with Gasteiger partial charge in [0.25, 0.3) is 0 Å². The minimum atomic E-state index is 0.151. The molecule has 0 aliphatic rings. The number of furan rings is 1. The summed E-state index contributed by atoms with van der Waals surface area (Å²) in [6.45, 7) is 6.08. The first kappa shape index (κ1) is 13.2. The van der Waals surface area contributed by atoms with Crippen molar-refractivity contribution in [1.82, 2.24) is 0 Å². The SMILES string of the molecule is COc1c(C)cc(C(Br)c2coc(C)c2)cc1C. The molecule has 0 spiro atoms. The van der Waals surface area contributed by atoms with Crippen LogP contribution >= 0.6 is 15.9 Å². The van der Waals surface area contributed by atoms with Crippen LogP contribution in [0.25, 0.3) is 0 Å². The molecule has 3 heteroatoms. The molecule has 1 unspecified atom stereocenters. The molecule has 2 rings (SSSR count). The van der Waals surface area contributed by atoms with Crippen molar-refractivity contribution in [3.8, 4) is 5.75 Å². The number of aryl methyl sites for hydroxylation is 3. The first-order chi connectivity index (χ1) is 8.52. The fourth-order valence-electron chi connectivity index (χ4n) is 2.24. The van der Waals surface area contributed by atoms with Crippen molar-refractivity contribution < 1.29 is 9.15 Å². The van der Waals surface area contributed by atoms with Gasteiger partial charge in [-0.05, 0) is 43.5 Å². The number of hydrogen-bond acceptors (Lipinski definition) is 2. The van der Waals surface area contributed by atoms with E-state index < -0.39 is 0 Å². The van der Waals surface area contributed by atoms with Crippen molar-refractivity contribution in [2.75, 3.05) is 7.11 Å². The highest BCUT2D eigenvalue weighted by molar-refractivity contribution is 9.09. The average Bonchev–Trinajstić information content (AvgIpc) is 2.74. The Hall–Kier alpha value is -1.22. The molecule has 1 aromatic carbocycles. The van der Waals surface area contributed by atoms with E-state index in [4.69, 9.17) is 9.15 Å². The number of rotatable bonds is 3. The van der Waals surface area contributed by atoms with E-state index in [-0.39, 0.29) is 4.83 Å². The van der Waals surface area contributed by atoms with Crippen molar-refractivity contribution in [1.29, 1.82) is 0 Å². The van der Waals surface area contributed by atoms with Crippen LogP contribution in [0, 0.1) is 20.8 Å². The van der Waals surface area contributed by atoms with Crippen LogP contribution < -0.4 is 4.74 Å². The average molecular weight is 309 g/mol. The summed E-state index contributed by atoms with van der Waals surface area (Å²) >= 11 is 3.72. The molecule has 0 bridgehead atoms. The lowest BCUT2D eigenvalue weighted by atomic mass is 10.0. The van der Waals surface area contributed by atoms with Gasteiger partial charge in [-0.2, -0.15) is 0 Å². The third-order valence-electron chi connectivity index (χ3n) is 3.02. The standard InChI is InChI=1S/C15H17BrO2/c1-9-5-12(6-10(2)15(9)17-4)14(16)13-7-11(3)18-8-13/h5-8,14H,1-4H3. The van der Waals surface area contributed by atoms with E-state index in [1.54, 1.807) is 13.4 Å². The van der Waals surface area contributed by atoms with Gasteiger partial charge in [0.2, 0.25) is 0 Å². The van der Waals surface area contributed by atoms with Gasteiger partial charge in [-0.1, -0.05) is 28.1 Å². The van der Waals surface area contributed by atoms with Gasteiger partial charge in [0, 0.05) is 5.56 Å². The van der Waals surface area contributed by atoms with Gasteiger partial charge in [-0.25, -0.2) is 0 Å². The molecule has 2 nitrogen and oxygen atoms in total. The predicted molar refractivity (Wildman–Crippen MR) is 76.7 cm³/mol. The van der Waals surface area contributed by atoms with Gasteiger partial charge in [0.15, 0.2) is 0 Å². The first-order valence-electron chi connectivity index (χ1n) is 5.87. The van der Waals surface area contributed by atoms with Gasteiger partial charge < -0.3 is 9.15 Å². The number of halogens is 1. The van der Waals surface area contributed by atoms with Gasteiger partial charge in [-0.15, -0.1) is 0 Å². The Balaban J connectivity index is 2.40. The van der Waals surface area contributed by atoms with Gasteiger partial charge >= 0.3 is 0 Å². The van der Waals surface area contributed by atoms with E-state index >= 15 is 0 Å². The second kappa shape index (κ2) is 5.19. The molecule has 0 saturated heterocycles. The van der Waals surface area contributed by atoms with E-state index in [2.05, 4.69) is 41.9 Å². The number of alkyl halides is 1. The fraction of sp³-hybridized carbons (Fsp3) is 0.333. The second-order valence-corrected chi connectivity index (χ2v) is 5.46. The van der Waals surface area contributed by atoms with Crippen LogP contribution in [0.4, 0.5) is 0 Å². The van der Waals surface area contributed by atoms with Gasteiger partial charge in [-0.3, -0.25) is 0 Å². The topological polar surface area (TPSA) is 22.4 Å². The molecule has 0 amide bonds. The van der Waals surface area contributed by atoms with Crippen LogP contribution in [0.2, 0.25) is 0 Å². The minimum absolute atomic E-state index is 0.151. The molecule has 0 saturated carbocycles. The molecular formula is C15H17BrO2. The van der Waals surface area contributed by atoms with Crippen LogP contribution in [-0.2, 0) is 0 Å². The zero-order valence-electron chi connectivity index (χ0n) is 11.1. The Morgan fingerprint density at radius 2 is 1.67 bits per heavy atom. The predicted octanol–water partition coefficient (Wildman–Crippen LogP) is 4.70. The summed E-state index contributed by atoms with van der Waals surface area (Å²) in [5, 5.41) is 0. The summed E-state index contributed by atoms with van der Waals surface area (Å²) in [6, 6.07) is 6.34. The van der Waals surface area contributed by atoms with E-state index in [1.807, 2.05) is 13.0 Å². The van der Waals surface area contributed by atoms with Gasteiger partial charge in [0.05, 0.1) is 18.2 Å². The van der Waals surface area contributed by atoms with Crippen LogP contribution in [0.1, 0.15) is 32.8 Å². The number of hydrogen-bond donors (Lipinski definition) is 0. The summed E-state index contributed by atoms with van der Waals surface area (Å²) in [5.41, 5.74) is 4.65. The quantitative estimate of drug-likeness (QED) is 0.767. The molecule has 1 heterocycles. The molecular weight excluding hydrogens is 292 g/mol. The molecule has 0 aliphatic carbocycles. The lowest BCUT2D eigenvalue weighted by molar-refractivity contribution is 0.408. The normalized spacial score (nSPS) is 12.5. The Kier molecular flexibility index (Phi) is 3.81. The second-order valence-electron chi connectivity index (χ2n) is 4.54. The third-order valence-corrected chi connectivity index (χ3v) is 4.08. The monoisotopic (exact) mass is 308 g/mol. The van der Waals surface area contributed by atoms with Crippen molar-refractivity contribution >= 4 is 15.9 Å². The molecule has 0 N–H and O–H groups in total. The number of benzene rings is 1. The molecule has 2 aromatic rings. The lowest BCUT2D eigenvalue weighted by Gasteiger charge is -2.14. The molecule has 96 valence electrons. The van der Waals surface area contributed by atoms with Crippen LogP contribution in [-0.4, -0.2) is 7.11 Å². The number of ether oxygens (including phenoxy) is 1. The molecule has 1 aromatic heterocycles. The van der Waals surface area contributed by atoms with Gasteiger partial charge in [0.1, 0.15) is 11.5 Å². The van der Waals surface area contributed by atoms with Crippen LogP contribution in [0.15, 0.2) is 28.9 Å². The zero-order chi connectivity index (χ0) is 13.3. The van der Waals surface area contributed by atoms with E-state index in [0.717, 1.165) is 28.2 Å². The maximum atomic E-state index is 5.39. The van der Waals surface area contributed by atoms with Crippen LogP contribution in [0.3, 0.4) is 0 Å². The maximum Gasteiger partial charge on any atom is 0.124 e. The first-order valence-corrected chi connectivity index (χ1v) is 6.78. The number of methoxy groups -OCH3 is 1. The smallest absolute Gasteiger partial charge is 0.124 e. The van der Waals surface area contributed by atoms with Crippen LogP contribution in [0.5, 0.6) is 5.75 Å². The van der Waals surface area contributed by atoms with E-state index in [9.17, 15) is 0 Å². The lowest BCUT2D eigenvalue weighted by Crippen LogP contribution is -1.97. The molecule has 0 fully saturated rings. The maximum absolute atomic E-state index is 5.39. The Morgan fingerprint density at radius 1 is 1.06 bits per heavy atom. The molecule has 0 aliphatic heterocycles. The fourth-order valence-corrected chi connectivity index (χ4v) is 2.75. The summed E-state index contributed by atoms with van der Waals surface area (Å²) in [5.74, 6) is 1.89. The largest absolute Gasteiger partial charge is 0.496 e. The Bertz CT molecular complexity index is 534. The highest BCUT2D eigenvalue weighted by Crippen LogP contribution is 2.35. The van der Waals surface area contributed by atoms with E-state index in [1.165, 1.54) is 5.56 Å². The Morgan fingerprint density at radius 3 is 2.11 bits per heavy atom. The van der Waals surface area contributed by atoms with Crippen molar-refractivity contribution in [3.05, 3.63) is 52.5 Å². The highest BCUT2D eigenvalue weighted by atomic mass is 79.9. The zero-order valence-corrected chi connectivity index (χ0v) is 12.7. The minimum Gasteiger partial charge on any atom is -0.496 e. The molecule has 18 heavy (non-hydrogen) atoms. The summed E-state index contributed by atoms with van der Waals surface area (Å²) < 4.78 is 10.7. The molecule has 0 radical (unpaired) electrons. The summed E-state index contributed by atoms with van der Waals surface area (Å²) in [7, 11) is 1.71. The summed E-state index contributed by atoms with van der Waals surface area (Å²) in [4.78, 5) is 0.151. The molecule has 1 atom stereocenters. The highest BCUT2D eigenvalue weighted by Gasteiger charge is 2.15. The van der Waals surface area contributed by atoms with Crippen molar-refractivity contribution in [2.24, 2.45) is 0 Å². The third kappa shape index (κ3) is 2.46. The van der Waals surface area contributed by atoms with Crippen molar-refractivity contribution in [2.45, 2.75) is 25.6 Å².